The SMILES string of the molecule is CC/C=C/C=C/C1OCC(C)NC1C. The van der Waals surface area contributed by atoms with Crippen molar-refractivity contribution in [1.82, 2.24) is 5.32 Å². The number of hydrogen-bond donors (Lipinski definition) is 1. The van der Waals surface area contributed by atoms with Gasteiger partial charge in [0.15, 0.2) is 0 Å². The summed E-state index contributed by atoms with van der Waals surface area (Å²) in [6.07, 6.45) is 9.71. The molecule has 1 saturated heterocycles. The van der Waals surface area contributed by atoms with E-state index in [4.69, 9.17) is 4.74 Å². The maximum Gasteiger partial charge on any atom is 0.0909 e. The third-order valence-electron chi connectivity index (χ3n) is 2.36. The average molecular weight is 195 g/mol. The van der Waals surface area contributed by atoms with Crippen LogP contribution in [0.3, 0.4) is 0 Å². The van der Waals surface area contributed by atoms with E-state index in [1.807, 2.05) is 0 Å². The predicted octanol–water partition coefficient (Wildman–Crippen LogP) is 2.27. The molecule has 80 valence electrons. The fraction of sp³-hybridized carbons (Fsp3) is 0.667. The zero-order valence-corrected chi connectivity index (χ0v) is 9.36. The largest absolute Gasteiger partial charge is 0.371 e. The minimum Gasteiger partial charge on any atom is -0.371 e. The van der Waals surface area contributed by atoms with Crippen LogP contribution in [-0.4, -0.2) is 24.8 Å². The Morgan fingerprint density at radius 2 is 2.14 bits per heavy atom. The zero-order chi connectivity index (χ0) is 10.4. The van der Waals surface area contributed by atoms with Crippen LogP contribution >= 0.6 is 0 Å². The third kappa shape index (κ3) is 3.64. The van der Waals surface area contributed by atoms with Gasteiger partial charge in [0, 0.05) is 12.1 Å². The summed E-state index contributed by atoms with van der Waals surface area (Å²) in [6.45, 7) is 7.24. The van der Waals surface area contributed by atoms with E-state index in [0.717, 1.165) is 13.0 Å². The Labute approximate surface area is 87.0 Å². The van der Waals surface area contributed by atoms with Gasteiger partial charge in [-0.3, -0.25) is 0 Å². The molecule has 0 saturated carbocycles. The van der Waals surface area contributed by atoms with Crippen molar-refractivity contribution < 1.29 is 4.74 Å². The van der Waals surface area contributed by atoms with Gasteiger partial charge in [0.05, 0.1) is 12.7 Å². The van der Waals surface area contributed by atoms with Gasteiger partial charge in [0.1, 0.15) is 0 Å². The van der Waals surface area contributed by atoms with Gasteiger partial charge in [0.25, 0.3) is 0 Å². The molecule has 0 aromatic rings. The van der Waals surface area contributed by atoms with Crippen molar-refractivity contribution in [2.75, 3.05) is 6.61 Å². The number of hydrogen-bond acceptors (Lipinski definition) is 2. The van der Waals surface area contributed by atoms with Gasteiger partial charge in [-0.25, -0.2) is 0 Å². The summed E-state index contributed by atoms with van der Waals surface area (Å²) in [6, 6.07) is 0.880. The Kier molecular flexibility index (Phi) is 4.91. The minimum atomic E-state index is 0.215. The molecule has 0 amide bonds. The highest BCUT2D eigenvalue weighted by Crippen LogP contribution is 2.09. The van der Waals surface area contributed by atoms with E-state index in [2.05, 4.69) is 50.4 Å². The predicted molar refractivity (Wildman–Crippen MR) is 60.4 cm³/mol. The topological polar surface area (TPSA) is 21.3 Å². The standard InChI is InChI=1S/C12H21NO/c1-4-5-6-7-8-12-11(3)13-10(2)9-14-12/h5-8,10-13H,4,9H2,1-3H3/b6-5+,8-7+. The summed E-state index contributed by atoms with van der Waals surface area (Å²) < 4.78 is 5.70. The van der Waals surface area contributed by atoms with Crippen molar-refractivity contribution in [3.8, 4) is 0 Å². The zero-order valence-electron chi connectivity index (χ0n) is 9.36. The van der Waals surface area contributed by atoms with E-state index in [1.54, 1.807) is 0 Å². The first-order chi connectivity index (χ1) is 6.74. The fourth-order valence-corrected chi connectivity index (χ4v) is 1.60. The molecule has 0 aromatic heterocycles. The molecule has 1 aliphatic heterocycles. The van der Waals surface area contributed by atoms with Gasteiger partial charge in [-0.15, -0.1) is 0 Å². The van der Waals surface area contributed by atoms with Crippen LogP contribution in [0.1, 0.15) is 27.2 Å². The summed E-state index contributed by atoms with van der Waals surface area (Å²) in [4.78, 5) is 0. The summed E-state index contributed by atoms with van der Waals surface area (Å²) in [5.74, 6) is 0. The van der Waals surface area contributed by atoms with Crippen molar-refractivity contribution in [3.63, 3.8) is 0 Å². The van der Waals surface area contributed by atoms with Gasteiger partial charge < -0.3 is 10.1 Å². The van der Waals surface area contributed by atoms with E-state index in [-0.39, 0.29) is 6.10 Å². The molecule has 0 aromatic carbocycles. The fourth-order valence-electron chi connectivity index (χ4n) is 1.60. The normalized spacial score (nSPS) is 34.4. The van der Waals surface area contributed by atoms with Crippen LogP contribution in [0.4, 0.5) is 0 Å². The minimum absolute atomic E-state index is 0.215. The van der Waals surface area contributed by atoms with Crippen molar-refractivity contribution in [1.29, 1.82) is 0 Å². The second-order valence-electron chi connectivity index (χ2n) is 3.88. The molecule has 1 heterocycles. The van der Waals surface area contributed by atoms with Crippen molar-refractivity contribution in [2.45, 2.75) is 45.4 Å². The van der Waals surface area contributed by atoms with E-state index < -0.39 is 0 Å². The van der Waals surface area contributed by atoms with E-state index in [1.165, 1.54) is 0 Å². The van der Waals surface area contributed by atoms with Gasteiger partial charge in [-0.05, 0) is 20.3 Å². The Bertz CT molecular complexity index is 210. The first kappa shape index (κ1) is 11.5. The lowest BCUT2D eigenvalue weighted by molar-refractivity contribution is 0.00911. The van der Waals surface area contributed by atoms with Crippen LogP contribution in [0.5, 0.6) is 0 Å². The summed E-state index contributed by atoms with van der Waals surface area (Å²) >= 11 is 0. The van der Waals surface area contributed by atoms with E-state index in [9.17, 15) is 0 Å². The molecule has 2 nitrogen and oxygen atoms in total. The molecule has 1 N–H and O–H groups in total. The molecule has 1 rings (SSSR count). The Hall–Kier alpha value is -0.600. The molecule has 14 heavy (non-hydrogen) atoms. The van der Waals surface area contributed by atoms with Crippen LogP contribution in [0, 0.1) is 0 Å². The number of rotatable bonds is 3. The molecule has 2 heteroatoms. The lowest BCUT2D eigenvalue weighted by Crippen LogP contribution is -2.50. The molecular formula is C12H21NO. The Balaban J connectivity index is 2.37. The molecular weight excluding hydrogens is 174 g/mol. The smallest absolute Gasteiger partial charge is 0.0909 e. The van der Waals surface area contributed by atoms with E-state index >= 15 is 0 Å². The highest BCUT2D eigenvalue weighted by molar-refractivity contribution is 5.07. The lowest BCUT2D eigenvalue weighted by Gasteiger charge is -2.32. The lowest BCUT2D eigenvalue weighted by atomic mass is 10.1. The number of nitrogens with one attached hydrogen (secondary N) is 1. The average Bonchev–Trinajstić information content (AvgIpc) is 2.15. The van der Waals surface area contributed by atoms with Crippen LogP contribution < -0.4 is 5.32 Å². The number of ether oxygens (including phenoxy) is 1. The first-order valence-electron chi connectivity index (χ1n) is 5.45. The van der Waals surface area contributed by atoms with Crippen LogP contribution in [-0.2, 0) is 4.74 Å². The number of morpholine rings is 1. The summed E-state index contributed by atoms with van der Waals surface area (Å²) in [5.41, 5.74) is 0. The highest BCUT2D eigenvalue weighted by Gasteiger charge is 2.22. The van der Waals surface area contributed by atoms with Gasteiger partial charge in [0.2, 0.25) is 0 Å². The molecule has 1 aliphatic rings. The third-order valence-corrected chi connectivity index (χ3v) is 2.36. The maximum absolute atomic E-state index is 5.70. The van der Waals surface area contributed by atoms with Gasteiger partial charge in [-0.1, -0.05) is 31.2 Å². The Morgan fingerprint density at radius 1 is 1.36 bits per heavy atom. The second kappa shape index (κ2) is 5.99. The molecule has 0 radical (unpaired) electrons. The molecule has 0 spiro atoms. The molecule has 1 fully saturated rings. The van der Waals surface area contributed by atoms with Crippen LogP contribution in [0.2, 0.25) is 0 Å². The molecule has 3 atom stereocenters. The Morgan fingerprint density at radius 3 is 2.79 bits per heavy atom. The quantitative estimate of drug-likeness (QED) is 0.698. The molecule has 3 unspecified atom stereocenters. The maximum atomic E-state index is 5.70. The van der Waals surface area contributed by atoms with Gasteiger partial charge >= 0.3 is 0 Å². The van der Waals surface area contributed by atoms with Gasteiger partial charge in [-0.2, -0.15) is 0 Å². The van der Waals surface area contributed by atoms with E-state index in [0.29, 0.717) is 12.1 Å². The number of allylic oxidation sites excluding steroid dienone is 3. The van der Waals surface area contributed by atoms with Crippen LogP contribution in [0.15, 0.2) is 24.3 Å². The second-order valence-corrected chi connectivity index (χ2v) is 3.88. The highest BCUT2D eigenvalue weighted by atomic mass is 16.5. The van der Waals surface area contributed by atoms with Crippen molar-refractivity contribution in [3.05, 3.63) is 24.3 Å². The van der Waals surface area contributed by atoms with Crippen LogP contribution in [0.25, 0.3) is 0 Å². The molecule has 0 aliphatic carbocycles. The van der Waals surface area contributed by atoms with Crippen molar-refractivity contribution >= 4 is 0 Å². The first-order valence-corrected chi connectivity index (χ1v) is 5.45. The molecule has 0 bridgehead atoms. The monoisotopic (exact) mass is 195 g/mol. The summed E-state index contributed by atoms with van der Waals surface area (Å²) in [7, 11) is 0. The summed E-state index contributed by atoms with van der Waals surface area (Å²) in [5, 5.41) is 3.47. The van der Waals surface area contributed by atoms with Crippen molar-refractivity contribution in [2.24, 2.45) is 0 Å².